The molecule has 0 aliphatic rings. The van der Waals surface area contributed by atoms with E-state index in [2.05, 4.69) is 5.32 Å². The smallest absolute Gasteiger partial charge is 0.237 e. The first-order valence-electron chi connectivity index (χ1n) is 5.84. The average molecular weight is 320 g/mol. The van der Waals surface area contributed by atoms with Crippen molar-refractivity contribution in [1.82, 2.24) is 0 Å². The van der Waals surface area contributed by atoms with E-state index in [-0.39, 0.29) is 11.4 Å². The van der Waals surface area contributed by atoms with E-state index < -0.39 is 26.8 Å². The van der Waals surface area contributed by atoms with E-state index in [1.807, 2.05) is 0 Å². The Balaban J connectivity index is 2.55. The van der Waals surface area contributed by atoms with Gasteiger partial charge in [-0.05, 0) is 25.1 Å². The van der Waals surface area contributed by atoms with Crippen LogP contribution in [0.3, 0.4) is 0 Å². The summed E-state index contributed by atoms with van der Waals surface area (Å²) in [7, 11) is -3.05. The van der Waals surface area contributed by atoms with Crippen LogP contribution in [0.1, 0.15) is 6.92 Å². The molecular formula is C12H17FN2O3S2. The van der Waals surface area contributed by atoms with Crippen LogP contribution in [0.15, 0.2) is 18.2 Å². The molecule has 1 aromatic rings. The molecule has 0 radical (unpaired) electrons. The van der Waals surface area contributed by atoms with E-state index in [0.29, 0.717) is 11.4 Å². The molecule has 0 saturated carbocycles. The number of rotatable bonds is 6. The van der Waals surface area contributed by atoms with Gasteiger partial charge in [0.05, 0.1) is 16.7 Å². The van der Waals surface area contributed by atoms with Crippen molar-refractivity contribution in [3.63, 3.8) is 0 Å². The Kier molecular flexibility index (Phi) is 5.82. The minimum absolute atomic E-state index is 0.00192. The number of thioether (sulfide) groups is 1. The highest BCUT2D eigenvalue weighted by atomic mass is 32.2. The molecule has 0 bridgehead atoms. The molecule has 1 atom stereocenters. The van der Waals surface area contributed by atoms with Gasteiger partial charge in [0.15, 0.2) is 0 Å². The molecule has 0 spiro atoms. The quantitative estimate of drug-likeness (QED) is 0.776. The molecule has 0 aromatic heterocycles. The van der Waals surface area contributed by atoms with Gasteiger partial charge >= 0.3 is 0 Å². The minimum atomic E-state index is -3.05. The highest BCUT2D eigenvalue weighted by Crippen LogP contribution is 2.19. The Labute approximate surface area is 122 Å². The summed E-state index contributed by atoms with van der Waals surface area (Å²) in [5, 5.41) is 1.95. The second-order valence-corrected chi connectivity index (χ2v) is 8.08. The van der Waals surface area contributed by atoms with E-state index in [1.54, 1.807) is 6.92 Å². The number of halogens is 1. The Bertz CT molecular complexity index is 590. The first kappa shape index (κ1) is 16.8. The summed E-state index contributed by atoms with van der Waals surface area (Å²) in [6.45, 7) is 1.63. The highest BCUT2D eigenvalue weighted by Gasteiger charge is 2.16. The summed E-state index contributed by atoms with van der Waals surface area (Å²) in [5.74, 6) is -0.650. The van der Waals surface area contributed by atoms with Crippen LogP contribution in [-0.4, -0.2) is 37.3 Å². The largest absolute Gasteiger partial charge is 0.399 e. The summed E-state index contributed by atoms with van der Waals surface area (Å²) in [6, 6.07) is 3.91. The fraction of sp³-hybridized carbons (Fsp3) is 0.417. The van der Waals surface area contributed by atoms with Gasteiger partial charge in [-0.25, -0.2) is 12.8 Å². The molecule has 0 aliphatic heterocycles. The molecule has 1 amide bonds. The van der Waals surface area contributed by atoms with Crippen LogP contribution in [-0.2, 0) is 14.6 Å². The van der Waals surface area contributed by atoms with Gasteiger partial charge in [0.1, 0.15) is 15.7 Å². The predicted molar refractivity (Wildman–Crippen MR) is 81.1 cm³/mol. The normalized spacial score (nSPS) is 12.9. The third-order valence-electron chi connectivity index (χ3n) is 2.44. The van der Waals surface area contributed by atoms with Crippen molar-refractivity contribution >= 4 is 38.9 Å². The monoisotopic (exact) mass is 320 g/mol. The van der Waals surface area contributed by atoms with Crippen LogP contribution in [0.4, 0.5) is 15.8 Å². The molecule has 20 heavy (non-hydrogen) atoms. The lowest BCUT2D eigenvalue weighted by atomic mass is 10.2. The molecule has 5 nitrogen and oxygen atoms in total. The Morgan fingerprint density at radius 2 is 2.15 bits per heavy atom. The van der Waals surface area contributed by atoms with E-state index in [9.17, 15) is 17.6 Å². The second-order valence-electron chi connectivity index (χ2n) is 4.37. The maximum absolute atomic E-state index is 13.4. The molecule has 1 rings (SSSR count). The van der Waals surface area contributed by atoms with Crippen LogP contribution in [0.5, 0.6) is 0 Å². The molecule has 112 valence electrons. The number of sulfone groups is 1. The van der Waals surface area contributed by atoms with E-state index >= 15 is 0 Å². The highest BCUT2D eigenvalue weighted by molar-refractivity contribution is 8.01. The minimum Gasteiger partial charge on any atom is -0.399 e. The number of nitrogens with two attached hydrogens (primary N) is 1. The number of carbonyl (C=O) groups is 1. The van der Waals surface area contributed by atoms with Gasteiger partial charge in [-0.1, -0.05) is 0 Å². The van der Waals surface area contributed by atoms with Crippen molar-refractivity contribution in [3.8, 4) is 0 Å². The first-order chi connectivity index (χ1) is 9.19. The molecule has 0 saturated heterocycles. The van der Waals surface area contributed by atoms with Crippen molar-refractivity contribution in [2.75, 3.05) is 28.8 Å². The second kappa shape index (κ2) is 6.94. The molecule has 3 N–H and O–H groups in total. The maximum Gasteiger partial charge on any atom is 0.237 e. The third kappa shape index (κ3) is 5.79. The summed E-state index contributed by atoms with van der Waals surface area (Å²) in [4.78, 5) is 11.8. The number of nitrogens with one attached hydrogen (secondary N) is 1. The standard InChI is InChI=1S/C12H17FN2O3S2/c1-8(19-5-6-20(2,17)18)12(16)15-11-7-9(14)3-4-10(11)13/h3-4,7-8H,5-6,14H2,1-2H3,(H,15,16). The van der Waals surface area contributed by atoms with Crippen LogP contribution in [0.2, 0.25) is 0 Å². The van der Waals surface area contributed by atoms with Gasteiger partial charge in [-0.2, -0.15) is 0 Å². The molecule has 1 aromatic carbocycles. The molecule has 0 fully saturated rings. The molecule has 1 unspecified atom stereocenters. The SMILES string of the molecule is CC(SCCS(C)(=O)=O)C(=O)Nc1cc(N)ccc1F. The Morgan fingerprint density at radius 1 is 1.50 bits per heavy atom. The van der Waals surface area contributed by atoms with Crippen LogP contribution in [0.25, 0.3) is 0 Å². The number of nitrogen functional groups attached to an aromatic ring is 1. The lowest BCUT2D eigenvalue weighted by Crippen LogP contribution is -2.24. The lowest BCUT2D eigenvalue weighted by Gasteiger charge is -2.12. The summed E-state index contributed by atoms with van der Waals surface area (Å²) in [5.41, 5.74) is 5.88. The van der Waals surface area contributed by atoms with Crippen LogP contribution >= 0.6 is 11.8 Å². The van der Waals surface area contributed by atoms with Gasteiger partial charge in [0.2, 0.25) is 5.91 Å². The number of benzene rings is 1. The van der Waals surface area contributed by atoms with Crippen molar-refractivity contribution in [1.29, 1.82) is 0 Å². The van der Waals surface area contributed by atoms with Gasteiger partial charge in [-0.15, -0.1) is 11.8 Å². The predicted octanol–water partition coefficient (Wildman–Crippen LogP) is 1.51. The van der Waals surface area contributed by atoms with Crippen LogP contribution < -0.4 is 11.1 Å². The zero-order valence-corrected chi connectivity index (χ0v) is 12.9. The van der Waals surface area contributed by atoms with E-state index in [1.165, 1.54) is 30.0 Å². The third-order valence-corrected chi connectivity index (χ3v) is 4.80. The molecule has 8 heteroatoms. The number of hydrogen-bond donors (Lipinski definition) is 2. The summed E-state index contributed by atoms with van der Waals surface area (Å²) < 4.78 is 35.4. The fourth-order valence-electron chi connectivity index (χ4n) is 1.32. The maximum atomic E-state index is 13.4. The van der Waals surface area contributed by atoms with Gasteiger partial charge in [0.25, 0.3) is 0 Å². The molecular weight excluding hydrogens is 303 g/mol. The van der Waals surface area contributed by atoms with Crippen molar-refractivity contribution in [3.05, 3.63) is 24.0 Å². The number of carbonyl (C=O) groups excluding carboxylic acids is 1. The zero-order chi connectivity index (χ0) is 15.3. The van der Waals surface area contributed by atoms with Gasteiger partial charge in [-0.3, -0.25) is 4.79 Å². The van der Waals surface area contributed by atoms with E-state index in [4.69, 9.17) is 5.73 Å². The number of hydrogen-bond acceptors (Lipinski definition) is 5. The molecule has 0 heterocycles. The molecule has 0 aliphatic carbocycles. The van der Waals surface area contributed by atoms with Gasteiger partial charge < -0.3 is 11.1 Å². The van der Waals surface area contributed by atoms with Crippen molar-refractivity contribution < 1.29 is 17.6 Å². The number of amides is 1. The van der Waals surface area contributed by atoms with Crippen molar-refractivity contribution in [2.24, 2.45) is 0 Å². The average Bonchev–Trinajstić information content (AvgIpc) is 2.32. The first-order valence-corrected chi connectivity index (χ1v) is 8.95. The Hall–Kier alpha value is -1.28. The summed E-state index contributed by atoms with van der Waals surface area (Å²) in [6.07, 6.45) is 1.14. The van der Waals surface area contributed by atoms with Crippen molar-refractivity contribution in [2.45, 2.75) is 12.2 Å². The van der Waals surface area contributed by atoms with Crippen LogP contribution in [0, 0.1) is 5.82 Å². The van der Waals surface area contributed by atoms with Gasteiger partial charge in [0, 0.05) is 17.7 Å². The zero-order valence-electron chi connectivity index (χ0n) is 11.2. The number of anilines is 2. The fourth-order valence-corrected chi connectivity index (χ4v) is 3.48. The topological polar surface area (TPSA) is 89.3 Å². The summed E-state index contributed by atoms with van der Waals surface area (Å²) >= 11 is 1.20. The van der Waals surface area contributed by atoms with E-state index in [0.717, 1.165) is 6.26 Å². The lowest BCUT2D eigenvalue weighted by molar-refractivity contribution is -0.115. The Morgan fingerprint density at radius 3 is 2.75 bits per heavy atom.